The van der Waals surface area contributed by atoms with Crippen LogP contribution in [0.4, 0.5) is 5.13 Å². The molecule has 0 amide bonds. The summed E-state index contributed by atoms with van der Waals surface area (Å²) >= 11 is 1.70. The summed E-state index contributed by atoms with van der Waals surface area (Å²) in [6.45, 7) is 7.99. The summed E-state index contributed by atoms with van der Waals surface area (Å²) < 4.78 is 0. The van der Waals surface area contributed by atoms with Crippen LogP contribution in [0.3, 0.4) is 0 Å². The molecule has 1 aromatic rings. The fourth-order valence-corrected chi connectivity index (χ4v) is 2.29. The summed E-state index contributed by atoms with van der Waals surface area (Å²) in [5.74, 6) is 0. The van der Waals surface area contributed by atoms with Gasteiger partial charge in [-0.05, 0) is 13.0 Å². The Kier molecular flexibility index (Phi) is 6.37. The molecule has 0 aromatic carbocycles. The van der Waals surface area contributed by atoms with Gasteiger partial charge in [-0.2, -0.15) is 0 Å². The molecule has 0 spiro atoms. The maximum absolute atomic E-state index is 8.90. The Bertz CT molecular complexity index is 291. The zero-order chi connectivity index (χ0) is 11.8. The molecular weight excluding hydrogens is 222 g/mol. The third kappa shape index (κ3) is 4.47. The average molecular weight is 243 g/mol. The molecule has 1 aromatic heterocycles. The van der Waals surface area contributed by atoms with Crippen LogP contribution in [-0.4, -0.2) is 41.2 Å². The van der Waals surface area contributed by atoms with Crippen LogP contribution in [0.25, 0.3) is 0 Å². The predicted octanol–water partition coefficient (Wildman–Crippen LogP) is 1.78. The number of hydrogen-bond donors (Lipinski definition) is 2. The van der Waals surface area contributed by atoms with Crippen molar-refractivity contribution in [2.75, 3.05) is 31.6 Å². The van der Waals surface area contributed by atoms with E-state index in [4.69, 9.17) is 5.11 Å². The van der Waals surface area contributed by atoms with Crippen molar-refractivity contribution in [2.24, 2.45) is 0 Å². The third-order valence-electron chi connectivity index (χ3n) is 2.32. The lowest BCUT2D eigenvalue weighted by atomic mass is 10.4. The molecule has 0 saturated carbocycles. The van der Waals surface area contributed by atoms with Gasteiger partial charge < -0.3 is 10.4 Å². The summed E-state index contributed by atoms with van der Waals surface area (Å²) in [5, 5.41) is 13.2. The highest BCUT2D eigenvalue weighted by Gasteiger charge is 2.06. The lowest BCUT2D eigenvalue weighted by Crippen LogP contribution is -2.25. The third-order valence-corrected chi connectivity index (χ3v) is 3.26. The molecule has 0 aliphatic carbocycles. The van der Waals surface area contributed by atoms with Gasteiger partial charge in [0.1, 0.15) is 0 Å². The van der Waals surface area contributed by atoms with E-state index in [0.717, 1.165) is 37.7 Å². The highest BCUT2D eigenvalue weighted by atomic mass is 32.1. The molecule has 2 N–H and O–H groups in total. The Balaban J connectivity index is 2.43. The zero-order valence-corrected chi connectivity index (χ0v) is 10.9. The molecule has 1 rings (SSSR count). The first-order valence-corrected chi connectivity index (χ1v) is 6.63. The van der Waals surface area contributed by atoms with Crippen molar-refractivity contribution in [2.45, 2.75) is 26.8 Å². The summed E-state index contributed by atoms with van der Waals surface area (Å²) in [7, 11) is 0. The summed E-state index contributed by atoms with van der Waals surface area (Å²) in [4.78, 5) is 7.77. The number of aliphatic hydroxyl groups excluding tert-OH is 1. The summed E-state index contributed by atoms with van der Waals surface area (Å²) in [5.41, 5.74) is 0. The van der Waals surface area contributed by atoms with E-state index in [1.54, 1.807) is 11.3 Å². The van der Waals surface area contributed by atoms with Crippen LogP contribution in [-0.2, 0) is 6.54 Å². The first-order chi connectivity index (χ1) is 7.80. The van der Waals surface area contributed by atoms with Crippen molar-refractivity contribution in [3.8, 4) is 0 Å². The second kappa shape index (κ2) is 7.60. The van der Waals surface area contributed by atoms with Crippen LogP contribution in [0, 0.1) is 0 Å². The smallest absolute Gasteiger partial charge is 0.182 e. The van der Waals surface area contributed by atoms with Gasteiger partial charge in [0.25, 0.3) is 0 Å². The van der Waals surface area contributed by atoms with Crippen molar-refractivity contribution in [3.63, 3.8) is 0 Å². The van der Waals surface area contributed by atoms with Gasteiger partial charge in [-0.3, -0.25) is 4.90 Å². The van der Waals surface area contributed by atoms with E-state index in [0.29, 0.717) is 0 Å². The molecule has 0 bridgehead atoms. The molecule has 0 atom stereocenters. The number of hydrogen-bond acceptors (Lipinski definition) is 5. The standard InChI is InChI=1S/C11H21N3OS/c1-3-5-12-11-13-8-10(16-11)9-14(4-2)6-7-15/h8,15H,3-7,9H2,1-2H3,(H,12,13). The van der Waals surface area contributed by atoms with Gasteiger partial charge in [0.2, 0.25) is 0 Å². The fourth-order valence-electron chi connectivity index (χ4n) is 1.41. The lowest BCUT2D eigenvalue weighted by Gasteiger charge is -2.17. The SMILES string of the molecule is CCCNc1ncc(CN(CC)CCO)s1. The minimum Gasteiger partial charge on any atom is -0.395 e. The van der Waals surface area contributed by atoms with E-state index in [1.165, 1.54) is 4.88 Å². The number of thiazole rings is 1. The van der Waals surface area contributed by atoms with Crippen molar-refractivity contribution in [1.82, 2.24) is 9.88 Å². The van der Waals surface area contributed by atoms with Crippen LogP contribution < -0.4 is 5.32 Å². The largest absolute Gasteiger partial charge is 0.395 e. The lowest BCUT2D eigenvalue weighted by molar-refractivity contribution is 0.198. The van der Waals surface area contributed by atoms with Gasteiger partial charge in [-0.1, -0.05) is 13.8 Å². The summed E-state index contributed by atoms with van der Waals surface area (Å²) in [6.07, 6.45) is 3.03. The van der Waals surface area contributed by atoms with Gasteiger partial charge >= 0.3 is 0 Å². The van der Waals surface area contributed by atoms with Gasteiger partial charge in [-0.15, -0.1) is 11.3 Å². The fraction of sp³-hybridized carbons (Fsp3) is 0.727. The van der Waals surface area contributed by atoms with Gasteiger partial charge in [0.05, 0.1) is 6.61 Å². The van der Waals surface area contributed by atoms with Crippen molar-refractivity contribution < 1.29 is 5.11 Å². The van der Waals surface area contributed by atoms with Crippen LogP contribution >= 0.6 is 11.3 Å². The molecule has 0 radical (unpaired) electrons. The second-order valence-corrected chi connectivity index (χ2v) is 4.77. The highest BCUT2D eigenvalue weighted by Crippen LogP contribution is 2.19. The van der Waals surface area contributed by atoms with E-state index < -0.39 is 0 Å². The quantitative estimate of drug-likeness (QED) is 0.730. The topological polar surface area (TPSA) is 48.4 Å². The Morgan fingerprint density at radius 3 is 2.94 bits per heavy atom. The van der Waals surface area contributed by atoms with Crippen LogP contribution in [0.2, 0.25) is 0 Å². The number of aliphatic hydroxyl groups is 1. The molecule has 0 aliphatic heterocycles. The van der Waals surface area contributed by atoms with Gasteiger partial charge in [0.15, 0.2) is 5.13 Å². The van der Waals surface area contributed by atoms with Crippen molar-refractivity contribution >= 4 is 16.5 Å². The summed E-state index contributed by atoms with van der Waals surface area (Å²) in [6, 6.07) is 0. The Morgan fingerprint density at radius 2 is 2.31 bits per heavy atom. The Morgan fingerprint density at radius 1 is 1.50 bits per heavy atom. The predicted molar refractivity (Wildman–Crippen MR) is 68.9 cm³/mol. The second-order valence-electron chi connectivity index (χ2n) is 3.65. The normalized spacial score (nSPS) is 11.0. The first kappa shape index (κ1) is 13.4. The molecular formula is C11H21N3OS. The molecule has 0 aliphatic rings. The molecule has 0 unspecified atom stereocenters. The molecule has 92 valence electrons. The maximum atomic E-state index is 8.90. The van der Waals surface area contributed by atoms with E-state index in [1.807, 2.05) is 6.20 Å². The molecule has 1 heterocycles. The minimum absolute atomic E-state index is 0.216. The molecule has 16 heavy (non-hydrogen) atoms. The highest BCUT2D eigenvalue weighted by molar-refractivity contribution is 7.15. The molecule has 0 fully saturated rings. The van der Waals surface area contributed by atoms with Crippen molar-refractivity contribution in [1.29, 1.82) is 0 Å². The molecule has 5 heteroatoms. The molecule has 4 nitrogen and oxygen atoms in total. The van der Waals surface area contributed by atoms with Crippen molar-refractivity contribution in [3.05, 3.63) is 11.1 Å². The Hall–Kier alpha value is -0.650. The van der Waals surface area contributed by atoms with E-state index in [-0.39, 0.29) is 6.61 Å². The molecule has 0 saturated heterocycles. The van der Waals surface area contributed by atoms with Crippen LogP contribution in [0.15, 0.2) is 6.20 Å². The monoisotopic (exact) mass is 243 g/mol. The number of nitrogens with zero attached hydrogens (tertiary/aromatic N) is 2. The number of aromatic nitrogens is 1. The maximum Gasteiger partial charge on any atom is 0.182 e. The zero-order valence-electron chi connectivity index (χ0n) is 10.1. The Labute approximate surface area is 101 Å². The van der Waals surface area contributed by atoms with E-state index >= 15 is 0 Å². The van der Waals surface area contributed by atoms with Gasteiger partial charge in [-0.25, -0.2) is 4.98 Å². The first-order valence-electron chi connectivity index (χ1n) is 5.81. The number of likely N-dealkylation sites (N-methyl/N-ethyl adjacent to an activating group) is 1. The van der Waals surface area contributed by atoms with E-state index in [2.05, 4.69) is 29.0 Å². The number of rotatable bonds is 8. The van der Waals surface area contributed by atoms with Gasteiger partial charge in [0, 0.05) is 30.7 Å². The van der Waals surface area contributed by atoms with E-state index in [9.17, 15) is 0 Å². The minimum atomic E-state index is 0.216. The van der Waals surface area contributed by atoms with Crippen LogP contribution in [0.1, 0.15) is 25.1 Å². The average Bonchev–Trinajstić information content (AvgIpc) is 2.73. The van der Waals surface area contributed by atoms with Crippen LogP contribution in [0.5, 0.6) is 0 Å². The number of nitrogens with one attached hydrogen (secondary N) is 1. The number of anilines is 1.